The number of unbranched alkanes of at least 4 members (excludes halogenated alkanes) is 50. The smallest absolute Gasteiger partial charge is 0.694 e. The average molecular weight is 866 g/mol. The Balaban J connectivity index is -0.00000105. The van der Waals surface area contributed by atoms with E-state index < -0.39 is 0 Å². The SMILES string of the molecule is [C-]#CCCCCCCCCCCCCCCCCCCCCCCCCCCC.[C-]#CCCCCCCCCCCCCCCCCCCCCCCCCCCC.[Ni+2]. The Morgan fingerprint density at radius 1 is 0.186 bits per heavy atom. The van der Waals surface area contributed by atoms with Gasteiger partial charge in [0.2, 0.25) is 0 Å². The van der Waals surface area contributed by atoms with Gasteiger partial charge in [0, 0.05) is 0 Å². The number of rotatable bonds is 50. The van der Waals surface area contributed by atoms with Gasteiger partial charge in [0.1, 0.15) is 0 Å². The molecule has 0 unspecified atom stereocenters. The van der Waals surface area contributed by atoms with Crippen LogP contribution in [0.1, 0.15) is 348 Å². The van der Waals surface area contributed by atoms with Crippen LogP contribution in [-0.2, 0) is 16.5 Å². The summed E-state index contributed by atoms with van der Waals surface area (Å²) in [6.07, 6.45) is 87.4. The first kappa shape index (κ1) is 62.9. The summed E-state index contributed by atoms with van der Waals surface area (Å²) < 4.78 is 0. The van der Waals surface area contributed by atoms with Gasteiger partial charge < -0.3 is 24.7 Å². The van der Waals surface area contributed by atoms with E-state index in [4.69, 9.17) is 12.8 Å². The molecule has 352 valence electrons. The fourth-order valence-corrected chi connectivity index (χ4v) is 8.70. The minimum atomic E-state index is 0. The van der Waals surface area contributed by atoms with E-state index >= 15 is 0 Å². The van der Waals surface area contributed by atoms with Crippen molar-refractivity contribution in [2.75, 3.05) is 0 Å². The largest absolute Gasteiger partial charge is 2.00 e. The number of hydrogen-bond acceptors (Lipinski definition) is 0. The van der Waals surface area contributed by atoms with Crippen molar-refractivity contribution in [1.29, 1.82) is 0 Å². The van der Waals surface area contributed by atoms with Crippen LogP contribution in [0.4, 0.5) is 0 Å². The molecule has 0 aliphatic carbocycles. The number of hydrogen-bond donors (Lipinski definition) is 0. The Hall–Kier alpha value is -0.386. The van der Waals surface area contributed by atoms with Crippen LogP contribution in [0.5, 0.6) is 0 Å². The van der Waals surface area contributed by atoms with Crippen molar-refractivity contribution in [1.82, 2.24) is 0 Å². The van der Waals surface area contributed by atoms with Crippen molar-refractivity contribution in [3.8, 4) is 11.8 Å². The molecule has 1 heteroatoms. The maximum atomic E-state index is 6.89. The van der Waals surface area contributed by atoms with Crippen LogP contribution in [0.2, 0.25) is 0 Å². The summed E-state index contributed by atoms with van der Waals surface area (Å²) in [5.41, 5.74) is 0. The van der Waals surface area contributed by atoms with E-state index in [9.17, 15) is 0 Å². The Labute approximate surface area is 387 Å². The molecule has 0 nitrogen and oxygen atoms in total. The van der Waals surface area contributed by atoms with E-state index in [2.05, 4.69) is 25.7 Å². The van der Waals surface area contributed by atoms with Gasteiger partial charge in [-0.3, -0.25) is 0 Å². The standard InChI is InChI=1S/2C29H55.Ni/c2*1-3-5-7-9-11-13-15-17-19-21-23-25-27-29-28-26-24-22-20-18-16-14-12-10-8-6-4-2;/h2*3,5-29H2,1H3;/q2*-1;+2. The minimum absolute atomic E-state index is 0. The van der Waals surface area contributed by atoms with Crippen LogP contribution < -0.4 is 0 Å². The summed E-state index contributed by atoms with van der Waals surface area (Å²) in [5.74, 6) is 4.97. The van der Waals surface area contributed by atoms with Crippen LogP contribution in [0.3, 0.4) is 0 Å². The van der Waals surface area contributed by atoms with Crippen LogP contribution in [0, 0.1) is 24.7 Å². The Morgan fingerprint density at radius 2 is 0.288 bits per heavy atom. The summed E-state index contributed by atoms with van der Waals surface area (Å²) in [6, 6.07) is 0. The molecule has 0 radical (unpaired) electrons. The molecule has 0 aromatic rings. The van der Waals surface area contributed by atoms with Crippen molar-refractivity contribution in [3.05, 3.63) is 12.8 Å². The third kappa shape index (κ3) is 66.9. The third-order valence-electron chi connectivity index (χ3n) is 12.8. The van der Waals surface area contributed by atoms with Crippen LogP contribution in [0.15, 0.2) is 0 Å². The first-order valence-corrected chi connectivity index (χ1v) is 27.6. The van der Waals surface area contributed by atoms with Gasteiger partial charge in [-0.05, 0) is 25.7 Å². The van der Waals surface area contributed by atoms with Gasteiger partial charge in [-0.25, -0.2) is 0 Å². The molecule has 0 heterocycles. The summed E-state index contributed by atoms with van der Waals surface area (Å²) in [7, 11) is 0. The molecule has 0 saturated carbocycles. The molecule has 0 aliphatic heterocycles. The molecule has 0 spiro atoms. The van der Waals surface area contributed by atoms with Crippen molar-refractivity contribution in [3.63, 3.8) is 0 Å². The molecule has 0 fully saturated rings. The molecule has 0 aromatic heterocycles. The van der Waals surface area contributed by atoms with Gasteiger partial charge in [0.15, 0.2) is 0 Å². The molecule has 0 amide bonds. The van der Waals surface area contributed by atoms with E-state index in [0.717, 1.165) is 12.8 Å². The molecule has 0 atom stereocenters. The summed E-state index contributed by atoms with van der Waals surface area (Å²) in [4.78, 5) is 0. The van der Waals surface area contributed by atoms with Gasteiger partial charge in [-0.1, -0.05) is 322 Å². The molecule has 0 N–H and O–H groups in total. The van der Waals surface area contributed by atoms with Crippen LogP contribution >= 0.6 is 0 Å². The first-order valence-electron chi connectivity index (χ1n) is 27.6. The van der Waals surface area contributed by atoms with E-state index in [1.165, 1.54) is 321 Å². The van der Waals surface area contributed by atoms with Crippen LogP contribution in [0.25, 0.3) is 0 Å². The normalized spacial score (nSPS) is 10.8. The van der Waals surface area contributed by atoms with Gasteiger partial charge in [-0.15, -0.1) is 0 Å². The van der Waals surface area contributed by atoms with Crippen molar-refractivity contribution in [2.45, 2.75) is 348 Å². The topological polar surface area (TPSA) is 0 Å². The van der Waals surface area contributed by atoms with E-state index in [1.807, 2.05) is 0 Å². The second-order valence-corrected chi connectivity index (χ2v) is 18.8. The van der Waals surface area contributed by atoms with E-state index in [-0.39, 0.29) is 16.5 Å². The Morgan fingerprint density at radius 3 is 0.390 bits per heavy atom. The fourth-order valence-electron chi connectivity index (χ4n) is 8.70. The summed E-state index contributed by atoms with van der Waals surface area (Å²) in [5, 5.41) is 0. The fraction of sp³-hybridized carbons (Fsp3) is 0.931. The average Bonchev–Trinajstić information content (AvgIpc) is 3.24. The summed E-state index contributed by atoms with van der Waals surface area (Å²) in [6.45, 7) is 4.60. The monoisotopic (exact) mass is 865 g/mol. The van der Waals surface area contributed by atoms with Gasteiger partial charge >= 0.3 is 16.5 Å². The second-order valence-electron chi connectivity index (χ2n) is 18.8. The molecule has 0 bridgehead atoms. The Bertz CT molecular complexity index is 692. The van der Waals surface area contributed by atoms with Crippen molar-refractivity contribution in [2.24, 2.45) is 0 Å². The zero-order valence-electron chi connectivity index (χ0n) is 41.1. The third-order valence-corrected chi connectivity index (χ3v) is 12.8. The molecular formula is C58H110Ni. The predicted molar refractivity (Wildman–Crippen MR) is 266 cm³/mol. The minimum Gasteiger partial charge on any atom is -0.694 e. The van der Waals surface area contributed by atoms with E-state index in [1.54, 1.807) is 0 Å². The maximum Gasteiger partial charge on any atom is 2.00 e. The van der Waals surface area contributed by atoms with Crippen LogP contribution in [-0.4, -0.2) is 0 Å². The molecular weight excluding hydrogens is 755 g/mol. The summed E-state index contributed by atoms with van der Waals surface area (Å²) >= 11 is 0. The quantitative estimate of drug-likeness (QED) is 0.0247. The van der Waals surface area contributed by atoms with Crippen molar-refractivity contribution < 1.29 is 16.5 Å². The molecule has 0 aliphatic rings. The molecule has 0 saturated heterocycles. The van der Waals surface area contributed by atoms with Gasteiger partial charge in [0.05, 0.1) is 0 Å². The Kier molecular flexibility index (Phi) is 68.5. The maximum absolute atomic E-state index is 6.89. The van der Waals surface area contributed by atoms with Gasteiger partial charge in [-0.2, -0.15) is 0 Å². The first-order chi connectivity index (χ1) is 28.8. The zero-order valence-corrected chi connectivity index (χ0v) is 42.1. The molecule has 0 rings (SSSR count). The van der Waals surface area contributed by atoms with Crippen molar-refractivity contribution >= 4 is 0 Å². The zero-order chi connectivity index (χ0) is 42.2. The molecule has 59 heavy (non-hydrogen) atoms. The predicted octanol–water partition coefficient (Wildman–Crippen LogP) is 21.5. The second kappa shape index (κ2) is 64.2. The van der Waals surface area contributed by atoms with Gasteiger partial charge in [0.25, 0.3) is 0 Å². The van der Waals surface area contributed by atoms with E-state index in [0.29, 0.717) is 0 Å². The molecule has 0 aromatic carbocycles.